The fourth-order valence-electron chi connectivity index (χ4n) is 0.959. The number of hydrogen-bond donors (Lipinski definition) is 1. The molecule has 0 atom stereocenters. The van der Waals surface area contributed by atoms with Gasteiger partial charge in [0.15, 0.2) is 10.8 Å². The maximum Gasteiger partial charge on any atom is 0.280 e. The first-order valence-corrected chi connectivity index (χ1v) is 6.43. The highest BCUT2D eigenvalue weighted by Gasteiger charge is 2.15. The number of pyridine rings is 1. The highest BCUT2D eigenvalue weighted by molar-refractivity contribution is 7.92. The number of thiazole rings is 1. The van der Waals surface area contributed by atoms with Crippen molar-refractivity contribution in [2.75, 3.05) is 4.72 Å². The van der Waals surface area contributed by atoms with E-state index in [1.54, 1.807) is 23.0 Å². The molecule has 0 fully saturated rings. The summed E-state index contributed by atoms with van der Waals surface area (Å²) in [5, 5.41) is 1.60. The first-order valence-electron chi connectivity index (χ1n) is 4.00. The minimum Gasteiger partial charge on any atom is -0.261 e. The van der Waals surface area contributed by atoms with Crippen molar-refractivity contribution in [1.29, 1.82) is 0 Å². The molecule has 0 bridgehead atoms. The van der Waals surface area contributed by atoms with E-state index in [-0.39, 0.29) is 5.03 Å². The summed E-state index contributed by atoms with van der Waals surface area (Å²) in [5.74, 6) is 0.311. The fraction of sp³-hybridized carbons (Fsp3) is 0. The molecular weight excluding hydrogens is 234 g/mol. The summed E-state index contributed by atoms with van der Waals surface area (Å²) in [4.78, 5) is 7.58. The number of nitrogens with zero attached hydrogens (tertiary/aromatic N) is 2. The molecule has 2 rings (SSSR count). The summed E-state index contributed by atoms with van der Waals surface area (Å²) in [5.41, 5.74) is 1.55. The lowest BCUT2D eigenvalue weighted by Crippen LogP contribution is -2.14. The van der Waals surface area contributed by atoms with E-state index in [1.165, 1.54) is 23.6 Å². The van der Waals surface area contributed by atoms with Gasteiger partial charge in [-0.1, -0.05) is 6.07 Å². The average Bonchev–Trinajstić information content (AvgIpc) is 2.71. The van der Waals surface area contributed by atoms with Gasteiger partial charge < -0.3 is 0 Å². The Morgan fingerprint density at radius 3 is 2.73 bits per heavy atom. The number of nitrogens with one attached hydrogen (secondary N) is 1. The molecule has 0 radical (unpaired) electrons. The van der Waals surface area contributed by atoms with E-state index in [4.69, 9.17) is 0 Å². The van der Waals surface area contributed by atoms with Gasteiger partial charge in [0.25, 0.3) is 10.0 Å². The lowest BCUT2D eigenvalue weighted by molar-refractivity contribution is 0.597. The molecular formula is C8H7N3O2S2. The molecule has 2 aromatic heterocycles. The third-order valence-corrected chi connectivity index (χ3v) is 3.44. The van der Waals surface area contributed by atoms with E-state index in [9.17, 15) is 8.42 Å². The molecule has 0 unspecified atom stereocenters. The van der Waals surface area contributed by atoms with Crippen molar-refractivity contribution in [2.24, 2.45) is 0 Å². The highest BCUT2D eigenvalue weighted by atomic mass is 32.2. The van der Waals surface area contributed by atoms with Crippen molar-refractivity contribution >= 4 is 27.2 Å². The standard InChI is InChI=1S/C8H7N3O2S2/c12-15(13,8-3-1-2-4-9-8)11-7-5-14-6-10-7/h1-6,11H. The summed E-state index contributed by atoms with van der Waals surface area (Å²) in [6, 6.07) is 4.69. The zero-order chi connectivity index (χ0) is 10.7. The summed E-state index contributed by atoms with van der Waals surface area (Å²) in [7, 11) is -3.60. The molecule has 0 saturated heterocycles. The molecule has 0 amide bonds. The van der Waals surface area contributed by atoms with Gasteiger partial charge in [-0.05, 0) is 12.1 Å². The number of rotatable bonds is 3. The molecule has 78 valence electrons. The molecule has 0 saturated carbocycles. The van der Waals surface area contributed by atoms with Crippen LogP contribution in [0.1, 0.15) is 0 Å². The van der Waals surface area contributed by atoms with Gasteiger partial charge in [0.1, 0.15) is 0 Å². The van der Waals surface area contributed by atoms with Crippen molar-refractivity contribution in [1.82, 2.24) is 9.97 Å². The van der Waals surface area contributed by atoms with Gasteiger partial charge >= 0.3 is 0 Å². The Hall–Kier alpha value is -1.47. The van der Waals surface area contributed by atoms with Gasteiger partial charge in [-0.15, -0.1) is 11.3 Å². The smallest absolute Gasteiger partial charge is 0.261 e. The van der Waals surface area contributed by atoms with Gasteiger partial charge in [0.2, 0.25) is 0 Å². The zero-order valence-electron chi connectivity index (χ0n) is 7.49. The van der Waals surface area contributed by atoms with Crippen molar-refractivity contribution < 1.29 is 8.42 Å². The molecule has 0 aliphatic rings. The first-order chi connectivity index (χ1) is 7.18. The van der Waals surface area contributed by atoms with E-state index in [0.717, 1.165) is 0 Å². The van der Waals surface area contributed by atoms with Crippen LogP contribution in [-0.2, 0) is 10.0 Å². The normalized spacial score (nSPS) is 11.2. The van der Waals surface area contributed by atoms with Crippen LogP contribution >= 0.6 is 11.3 Å². The monoisotopic (exact) mass is 241 g/mol. The van der Waals surface area contributed by atoms with Crippen LogP contribution in [0.15, 0.2) is 40.3 Å². The SMILES string of the molecule is O=S(=O)(Nc1cscn1)c1ccccn1. The van der Waals surface area contributed by atoms with Crippen molar-refractivity contribution in [2.45, 2.75) is 5.03 Å². The Kier molecular flexibility index (Phi) is 2.65. The molecule has 2 heterocycles. The Bertz CT molecular complexity index is 522. The van der Waals surface area contributed by atoms with Crippen molar-refractivity contribution in [3.8, 4) is 0 Å². The topological polar surface area (TPSA) is 72.0 Å². The maximum absolute atomic E-state index is 11.7. The fourth-order valence-corrected chi connectivity index (χ4v) is 2.47. The Morgan fingerprint density at radius 2 is 2.13 bits per heavy atom. The molecule has 2 aromatic rings. The van der Waals surface area contributed by atoms with Crippen LogP contribution in [0, 0.1) is 0 Å². The second kappa shape index (κ2) is 3.95. The van der Waals surface area contributed by atoms with Gasteiger partial charge in [0.05, 0.1) is 5.51 Å². The van der Waals surface area contributed by atoms with Crippen LogP contribution in [-0.4, -0.2) is 18.4 Å². The first kappa shape index (κ1) is 10.1. The zero-order valence-corrected chi connectivity index (χ0v) is 9.12. The molecule has 1 N–H and O–H groups in total. The lowest BCUT2D eigenvalue weighted by Gasteiger charge is -2.03. The largest absolute Gasteiger partial charge is 0.280 e. The second-order valence-electron chi connectivity index (χ2n) is 2.65. The summed E-state index contributed by atoms with van der Waals surface area (Å²) >= 11 is 1.32. The van der Waals surface area contributed by atoms with Crippen LogP contribution in [0.4, 0.5) is 5.82 Å². The number of sulfonamides is 1. The molecule has 0 spiro atoms. The van der Waals surface area contributed by atoms with Gasteiger partial charge in [0, 0.05) is 11.6 Å². The van der Waals surface area contributed by atoms with Gasteiger partial charge in [-0.2, -0.15) is 8.42 Å². The lowest BCUT2D eigenvalue weighted by atomic mass is 10.5. The summed E-state index contributed by atoms with van der Waals surface area (Å²) in [6.45, 7) is 0. The predicted octanol–water partition coefficient (Wildman–Crippen LogP) is 1.34. The molecule has 0 aliphatic heterocycles. The molecule has 0 aromatic carbocycles. The molecule has 0 aliphatic carbocycles. The van der Waals surface area contributed by atoms with E-state index >= 15 is 0 Å². The number of anilines is 1. The van der Waals surface area contributed by atoms with Crippen LogP contribution in [0.3, 0.4) is 0 Å². The van der Waals surface area contributed by atoms with E-state index in [1.807, 2.05) is 0 Å². The van der Waals surface area contributed by atoms with Crippen LogP contribution in [0.25, 0.3) is 0 Å². The highest BCUT2D eigenvalue weighted by Crippen LogP contribution is 2.13. The van der Waals surface area contributed by atoms with Crippen molar-refractivity contribution in [3.63, 3.8) is 0 Å². The van der Waals surface area contributed by atoms with E-state index in [2.05, 4.69) is 14.7 Å². The van der Waals surface area contributed by atoms with Gasteiger partial charge in [-0.3, -0.25) is 4.72 Å². The van der Waals surface area contributed by atoms with E-state index in [0.29, 0.717) is 5.82 Å². The number of hydrogen-bond acceptors (Lipinski definition) is 5. The summed E-state index contributed by atoms with van der Waals surface area (Å²) in [6.07, 6.45) is 1.43. The predicted molar refractivity (Wildman–Crippen MR) is 57.2 cm³/mol. The minimum absolute atomic E-state index is 0.0157. The average molecular weight is 241 g/mol. The third kappa shape index (κ3) is 2.31. The second-order valence-corrected chi connectivity index (χ2v) is 5.00. The van der Waals surface area contributed by atoms with Crippen molar-refractivity contribution in [3.05, 3.63) is 35.3 Å². The Balaban J connectivity index is 2.29. The molecule has 7 heteroatoms. The van der Waals surface area contributed by atoms with Crippen LogP contribution in [0.5, 0.6) is 0 Å². The van der Waals surface area contributed by atoms with Crippen LogP contribution in [0.2, 0.25) is 0 Å². The quantitative estimate of drug-likeness (QED) is 0.880. The third-order valence-electron chi connectivity index (χ3n) is 1.58. The maximum atomic E-state index is 11.7. The Labute approximate surface area is 90.9 Å². The molecule has 5 nitrogen and oxygen atoms in total. The summed E-state index contributed by atoms with van der Waals surface area (Å²) < 4.78 is 25.7. The number of aromatic nitrogens is 2. The molecule has 15 heavy (non-hydrogen) atoms. The van der Waals surface area contributed by atoms with Crippen LogP contribution < -0.4 is 4.72 Å². The minimum atomic E-state index is -3.60. The van der Waals surface area contributed by atoms with E-state index < -0.39 is 10.0 Å². The Morgan fingerprint density at radius 1 is 1.27 bits per heavy atom. The van der Waals surface area contributed by atoms with Gasteiger partial charge in [-0.25, -0.2) is 9.97 Å².